The van der Waals surface area contributed by atoms with E-state index in [1.807, 2.05) is 30.3 Å². The van der Waals surface area contributed by atoms with Crippen LogP contribution in [0.15, 0.2) is 48.8 Å². The largest absolute Gasteiger partial charge is 0.497 e. The first-order valence-corrected chi connectivity index (χ1v) is 7.90. The van der Waals surface area contributed by atoms with Crippen molar-refractivity contribution in [2.75, 3.05) is 13.7 Å². The fourth-order valence-electron chi connectivity index (χ4n) is 2.58. The number of pyridine rings is 1. The minimum absolute atomic E-state index is 0.0491. The molecule has 0 aliphatic carbocycles. The summed E-state index contributed by atoms with van der Waals surface area (Å²) in [6.45, 7) is 0.703. The van der Waals surface area contributed by atoms with Gasteiger partial charge in [-0.2, -0.15) is 0 Å². The molecule has 1 aromatic carbocycles. The number of amides is 2. The summed E-state index contributed by atoms with van der Waals surface area (Å²) in [6, 6.07) is 10.4. The molecule has 1 saturated heterocycles. The lowest BCUT2D eigenvalue weighted by Gasteiger charge is -2.20. The van der Waals surface area contributed by atoms with Crippen LogP contribution in [0.5, 0.6) is 5.75 Å². The van der Waals surface area contributed by atoms with Crippen LogP contribution in [0.3, 0.4) is 0 Å². The summed E-state index contributed by atoms with van der Waals surface area (Å²) >= 11 is 0. The van der Waals surface area contributed by atoms with Gasteiger partial charge >= 0.3 is 6.09 Å². The molecule has 130 valence electrons. The molecule has 0 unspecified atom stereocenters. The van der Waals surface area contributed by atoms with E-state index in [1.54, 1.807) is 25.6 Å². The maximum Gasteiger partial charge on any atom is 0.410 e. The molecule has 25 heavy (non-hydrogen) atoms. The monoisotopic (exact) mass is 341 g/mol. The minimum atomic E-state index is -0.647. The molecule has 1 aliphatic heterocycles. The van der Waals surface area contributed by atoms with E-state index >= 15 is 0 Å². The third-order valence-corrected chi connectivity index (χ3v) is 3.98. The third-order valence-electron chi connectivity index (χ3n) is 3.98. The lowest BCUT2D eigenvalue weighted by molar-refractivity contribution is -0.125. The van der Waals surface area contributed by atoms with E-state index < -0.39 is 12.1 Å². The molecule has 3 rings (SSSR count). The lowest BCUT2D eigenvalue weighted by atomic mass is 10.2. The van der Waals surface area contributed by atoms with Crippen LogP contribution >= 0.6 is 0 Å². The van der Waals surface area contributed by atoms with Crippen molar-refractivity contribution in [2.24, 2.45) is 0 Å². The van der Waals surface area contributed by atoms with Crippen LogP contribution in [0, 0.1) is 0 Å². The van der Waals surface area contributed by atoms with E-state index in [0.29, 0.717) is 6.54 Å². The number of aromatic nitrogens is 1. The molecule has 0 bridgehead atoms. The first kappa shape index (κ1) is 16.8. The van der Waals surface area contributed by atoms with Gasteiger partial charge in [0.2, 0.25) is 5.91 Å². The summed E-state index contributed by atoms with van der Waals surface area (Å²) in [5.41, 5.74) is 1.78. The van der Waals surface area contributed by atoms with Gasteiger partial charge in [-0.15, -0.1) is 0 Å². The third kappa shape index (κ3) is 4.06. The van der Waals surface area contributed by atoms with E-state index in [0.717, 1.165) is 16.9 Å². The van der Waals surface area contributed by atoms with Gasteiger partial charge in [-0.05, 0) is 29.3 Å². The van der Waals surface area contributed by atoms with Gasteiger partial charge in [0.15, 0.2) is 0 Å². The summed E-state index contributed by atoms with van der Waals surface area (Å²) in [6.07, 6.45) is 2.83. The highest BCUT2D eigenvalue weighted by Crippen LogP contribution is 2.17. The van der Waals surface area contributed by atoms with E-state index in [9.17, 15) is 9.59 Å². The van der Waals surface area contributed by atoms with Crippen LogP contribution in [-0.2, 0) is 22.6 Å². The van der Waals surface area contributed by atoms with Crippen molar-refractivity contribution < 1.29 is 19.1 Å². The first-order chi connectivity index (χ1) is 12.2. The second kappa shape index (κ2) is 7.65. The maximum absolute atomic E-state index is 12.5. The summed E-state index contributed by atoms with van der Waals surface area (Å²) in [7, 11) is 1.60. The van der Waals surface area contributed by atoms with Crippen molar-refractivity contribution in [2.45, 2.75) is 19.1 Å². The van der Waals surface area contributed by atoms with Gasteiger partial charge < -0.3 is 14.8 Å². The van der Waals surface area contributed by atoms with Crippen LogP contribution in [0.1, 0.15) is 11.1 Å². The molecule has 1 atom stereocenters. The molecule has 7 heteroatoms. The molecular weight excluding hydrogens is 322 g/mol. The number of carbonyl (C=O) groups excluding carboxylic acids is 2. The number of nitrogens with one attached hydrogen (secondary N) is 1. The molecule has 1 aliphatic rings. The highest BCUT2D eigenvalue weighted by atomic mass is 16.6. The van der Waals surface area contributed by atoms with E-state index in [-0.39, 0.29) is 19.1 Å². The normalized spacial score (nSPS) is 16.4. The highest BCUT2D eigenvalue weighted by Gasteiger charge is 2.37. The van der Waals surface area contributed by atoms with Crippen molar-refractivity contribution >= 4 is 12.0 Å². The maximum atomic E-state index is 12.5. The number of benzene rings is 1. The quantitative estimate of drug-likeness (QED) is 0.865. The van der Waals surface area contributed by atoms with Crippen LogP contribution in [0.25, 0.3) is 0 Å². The standard InChI is InChI=1S/C18H19N3O4/c1-24-15-6-4-13(5-7-15)10-20-17(22)16-12-25-18(23)21(16)11-14-3-2-8-19-9-14/h2-9,16H,10-12H2,1H3,(H,20,22)/t16-/m0/s1. The fraction of sp³-hybridized carbons (Fsp3) is 0.278. The summed E-state index contributed by atoms with van der Waals surface area (Å²) < 4.78 is 10.1. The molecule has 2 amide bonds. The van der Waals surface area contributed by atoms with Gasteiger partial charge in [0, 0.05) is 18.9 Å². The van der Waals surface area contributed by atoms with Gasteiger partial charge in [0.05, 0.1) is 13.7 Å². The smallest absolute Gasteiger partial charge is 0.410 e. The van der Waals surface area contributed by atoms with Gasteiger partial charge in [-0.25, -0.2) is 4.79 Å². The van der Waals surface area contributed by atoms with Crippen molar-refractivity contribution in [3.63, 3.8) is 0 Å². The first-order valence-electron chi connectivity index (χ1n) is 7.90. The SMILES string of the molecule is COc1ccc(CNC(=O)[C@@H]2COC(=O)N2Cc2cccnc2)cc1. The molecule has 7 nitrogen and oxygen atoms in total. The Morgan fingerprint density at radius 2 is 2.12 bits per heavy atom. The second-order valence-corrected chi connectivity index (χ2v) is 5.65. The molecule has 1 N–H and O–H groups in total. The Hall–Kier alpha value is -3.09. The number of rotatable bonds is 6. The van der Waals surface area contributed by atoms with Crippen LogP contribution in [0.4, 0.5) is 4.79 Å². The average Bonchev–Trinajstić information content (AvgIpc) is 3.01. The van der Waals surface area contributed by atoms with E-state index in [4.69, 9.17) is 9.47 Å². The second-order valence-electron chi connectivity index (χ2n) is 5.65. The van der Waals surface area contributed by atoms with Crippen LogP contribution < -0.4 is 10.1 Å². The van der Waals surface area contributed by atoms with E-state index in [1.165, 1.54) is 4.90 Å². The molecule has 0 radical (unpaired) electrons. The van der Waals surface area contributed by atoms with Gasteiger partial charge in [0.25, 0.3) is 0 Å². The topological polar surface area (TPSA) is 80.8 Å². The summed E-state index contributed by atoms with van der Waals surface area (Å²) in [4.78, 5) is 29.8. The van der Waals surface area contributed by atoms with Crippen molar-refractivity contribution in [1.29, 1.82) is 0 Å². The van der Waals surface area contributed by atoms with Crippen molar-refractivity contribution in [1.82, 2.24) is 15.2 Å². The highest BCUT2D eigenvalue weighted by molar-refractivity contribution is 5.87. The Bertz CT molecular complexity index is 734. The van der Waals surface area contributed by atoms with Gasteiger partial charge in [-0.1, -0.05) is 18.2 Å². The summed E-state index contributed by atoms with van der Waals surface area (Å²) in [5, 5.41) is 2.85. The Kier molecular flexibility index (Phi) is 5.13. The Morgan fingerprint density at radius 3 is 2.80 bits per heavy atom. The Balaban J connectivity index is 1.60. The fourth-order valence-corrected chi connectivity index (χ4v) is 2.58. The molecule has 0 saturated carbocycles. The zero-order valence-corrected chi connectivity index (χ0v) is 13.8. The Morgan fingerprint density at radius 1 is 1.32 bits per heavy atom. The van der Waals surface area contributed by atoms with Crippen molar-refractivity contribution in [3.8, 4) is 5.75 Å². The number of methoxy groups -OCH3 is 1. The molecular formula is C18H19N3O4. The van der Waals surface area contributed by atoms with Crippen LogP contribution in [-0.4, -0.2) is 41.6 Å². The van der Waals surface area contributed by atoms with Crippen molar-refractivity contribution in [3.05, 3.63) is 59.9 Å². The number of nitrogens with zero attached hydrogens (tertiary/aromatic N) is 2. The van der Waals surface area contributed by atoms with Gasteiger partial charge in [-0.3, -0.25) is 14.7 Å². The summed E-state index contributed by atoms with van der Waals surface area (Å²) in [5.74, 6) is 0.512. The molecule has 1 aromatic heterocycles. The van der Waals surface area contributed by atoms with Crippen LogP contribution in [0.2, 0.25) is 0 Å². The number of ether oxygens (including phenoxy) is 2. The minimum Gasteiger partial charge on any atom is -0.497 e. The Labute approximate surface area is 145 Å². The molecule has 2 aromatic rings. The molecule has 2 heterocycles. The average molecular weight is 341 g/mol. The zero-order valence-electron chi connectivity index (χ0n) is 13.8. The zero-order chi connectivity index (χ0) is 17.6. The predicted octanol–water partition coefficient (Wildman–Crippen LogP) is 1.73. The number of carbonyl (C=O) groups is 2. The van der Waals surface area contributed by atoms with Gasteiger partial charge in [0.1, 0.15) is 18.4 Å². The lowest BCUT2D eigenvalue weighted by Crippen LogP contribution is -2.45. The molecule has 0 spiro atoms. The number of cyclic esters (lactones) is 1. The molecule has 1 fully saturated rings. The predicted molar refractivity (Wildman–Crippen MR) is 89.8 cm³/mol. The number of hydrogen-bond donors (Lipinski definition) is 1. The number of hydrogen-bond acceptors (Lipinski definition) is 5. The van der Waals surface area contributed by atoms with E-state index in [2.05, 4.69) is 10.3 Å².